The number of benzene rings is 2. The predicted octanol–water partition coefficient (Wildman–Crippen LogP) is 3.01. The van der Waals surface area contributed by atoms with Gasteiger partial charge in [0.2, 0.25) is 11.8 Å². The molecule has 3 aromatic rings. The Kier molecular flexibility index (Phi) is 3.06. The van der Waals surface area contributed by atoms with Gasteiger partial charge in [-0.2, -0.15) is 0 Å². The summed E-state index contributed by atoms with van der Waals surface area (Å²) in [5.41, 5.74) is 9.25. The lowest BCUT2D eigenvalue weighted by atomic mass is 9.97. The zero-order chi connectivity index (χ0) is 15.0. The van der Waals surface area contributed by atoms with Gasteiger partial charge in [0.25, 0.3) is 0 Å². The van der Waals surface area contributed by atoms with Crippen molar-refractivity contribution in [3.8, 4) is 17.0 Å². The maximum atomic E-state index is 11.5. The van der Waals surface area contributed by atoms with Crippen LogP contribution in [-0.4, -0.2) is 16.0 Å². The quantitative estimate of drug-likeness (QED) is 0.756. The van der Waals surface area contributed by atoms with Crippen molar-refractivity contribution < 1.29 is 9.90 Å². The Morgan fingerprint density at radius 1 is 1.14 bits per heavy atom. The first-order valence-electron chi connectivity index (χ1n) is 6.56. The van der Waals surface area contributed by atoms with E-state index in [1.165, 1.54) is 0 Å². The fourth-order valence-electron chi connectivity index (χ4n) is 2.49. The van der Waals surface area contributed by atoms with Gasteiger partial charge in [0.1, 0.15) is 0 Å². The number of primary amides is 1. The zero-order valence-electron chi connectivity index (χ0n) is 11.5. The summed E-state index contributed by atoms with van der Waals surface area (Å²) in [6, 6.07) is 14.5. The highest BCUT2D eigenvalue weighted by atomic mass is 16.3. The molecule has 0 saturated heterocycles. The lowest BCUT2D eigenvalue weighted by Gasteiger charge is -2.09. The summed E-state index contributed by atoms with van der Waals surface area (Å²) >= 11 is 0. The van der Waals surface area contributed by atoms with Crippen LogP contribution in [0.25, 0.3) is 22.0 Å². The molecular formula is C17H14N2O2. The summed E-state index contributed by atoms with van der Waals surface area (Å²) in [6.07, 6.45) is 0. The number of nitrogens with zero attached hydrogens (tertiary/aromatic N) is 1. The maximum Gasteiger partial charge on any atom is 0.249 e. The number of fused-ring (bicyclic) bond motifs is 1. The van der Waals surface area contributed by atoms with E-state index in [9.17, 15) is 9.90 Å². The summed E-state index contributed by atoms with van der Waals surface area (Å²) in [5.74, 6) is -0.448. The van der Waals surface area contributed by atoms with Gasteiger partial charge in [0.05, 0.1) is 5.52 Å². The fourth-order valence-corrected chi connectivity index (χ4v) is 2.49. The van der Waals surface area contributed by atoms with Gasteiger partial charge < -0.3 is 10.8 Å². The van der Waals surface area contributed by atoms with Crippen molar-refractivity contribution in [2.24, 2.45) is 5.73 Å². The van der Waals surface area contributed by atoms with E-state index in [4.69, 9.17) is 5.73 Å². The Morgan fingerprint density at radius 3 is 2.67 bits per heavy atom. The van der Waals surface area contributed by atoms with Crippen molar-refractivity contribution in [3.05, 3.63) is 59.7 Å². The highest BCUT2D eigenvalue weighted by Gasteiger charge is 2.10. The lowest BCUT2D eigenvalue weighted by Crippen LogP contribution is -2.12. The molecule has 0 aliphatic carbocycles. The molecule has 1 heterocycles. The molecule has 2 aromatic carbocycles. The molecule has 1 amide bonds. The van der Waals surface area contributed by atoms with Gasteiger partial charge in [0, 0.05) is 17.0 Å². The number of aryl methyl sites for hydroxylation is 1. The van der Waals surface area contributed by atoms with E-state index in [0.717, 1.165) is 22.1 Å². The van der Waals surface area contributed by atoms with Crippen LogP contribution in [-0.2, 0) is 0 Å². The zero-order valence-corrected chi connectivity index (χ0v) is 11.5. The third-order valence-corrected chi connectivity index (χ3v) is 3.51. The summed E-state index contributed by atoms with van der Waals surface area (Å²) < 4.78 is 0. The van der Waals surface area contributed by atoms with Crippen molar-refractivity contribution in [2.75, 3.05) is 0 Å². The topological polar surface area (TPSA) is 76.2 Å². The van der Waals surface area contributed by atoms with Crippen molar-refractivity contribution >= 4 is 16.8 Å². The predicted molar refractivity (Wildman–Crippen MR) is 82.1 cm³/mol. The third-order valence-electron chi connectivity index (χ3n) is 3.51. The molecule has 3 rings (SSSR count). The first-order valence-corrected chi connectivity index (χ1v) is 6.56. The van der Waals surface area contributed by atoms with Crippen molar-refractivity contribution in [3.63, 3.8) is 0 Å². The summed E-state index contributed by atoms with van der Waals surface area (Å²) in [4.78, 5) is 15.6. The number of pyridine rings is 1. The van der Waals surface area contributed by atoms with Crippen LogP contribution in [0.1, 0.15) is 15.9 Å². The van der Waals surface area contributed by atoms with Crippen LogP contribution in [0.15, 0.2) is 48.5 Å². The lowest BCUT2D eigenvalue weighted by molar-refractivity contribution is 0.100. The molecule has 4 nitrogen and oxygen atoms in total. The van der Waals surface area contributed by atoms with E-state index in [1.54, 1.807) is 18.2 Å². The van der Waals surface area contributed by atoms with Gasteiger partial charge >= 0.3 is 0 Å². The number of carbonyl (C=O) groups is 1. The number of aromatic hydroxyl groups is 1. The molecule has 0 unspecified atom stereocenters. The van der Waals surface area contributed by atoms with E-state index >= 15 is 0 Å². The maximum absolute atomic E-state index is 11.5. The van der Waals surface area contributed by atoms with Gasteiger partial charge in [-0.15, -0.1) is 0 Å². The number of rotatable bonds is 2. The van der Waals surface area contributed by atoms with Crippen LogP contribution in [0, 0.1) is 6.92 Å². The normalized spacial score (nSPS) is 10.7. The van der Waals surface area contributed by atoms with E-state index in [1.807, 2.05) is 37.3 Å². The Morgan fingerprint density at radius 2 is 1.90 bits per heavy atom. The third kappa shape index (κ3) is 2.31. The summed E-state index contributed by atoms with van der Waals surface area (Å²) in [6.45, 7) is 1.91. The Labute approximate surface area is 121 Å². The largest absolute Gasteiger partial charge is 0.493 e. The summed E-state index contributed by atoms with van der Waals surface area (Å²) in [5, 5.41) is 10.5. The fraction of sp³-hybridized carbons (Fsp3) is 0.0588. The highest BCUT2D eigenvalue weighted by molar-refractivity contribution is 6.01. The number of carbonyl (C=O) groups excluding carboxylic acids is 1. The van der Waals surface area contributed by atoms with Crippen LogP contribution < -0.4 is 5.73 Å². The summed E-state index contributed by atoms with van der Waals surface area (Å²) in [7, 11) is 0. The Bertz CT molecular complexity index is 857. The molecule has 1 aromatic heterocycles. The average molecular weight is 278 g/mol. The second-order valence-corrected chi connectivity index (χ2v) is 4.94. The molecule has 4 heteroatoms. The molecule has 0 atom stereocenters. The molecule has 21 heavy (non-hydrogen) atoms. The number of amides is 1. The molecule has 0 radical (unpaired) electrons. The average Bonchev–Trinajstić information content (AvgIpc) is 2.47. The number of nitrogens with two attached hydrogens (primary N) is 1. The highest BCUT2D eigenvalue weighted by Crippen LogP contribution is 2.29. The first-order chi connectivity index (χ1) is 10.1. The van der Waals surface area contributed by atoms with Crippen LogP contribution in [0.2, 0.25) is 0 Å². The van der Waals surface area contributed by atoms with E-state index in [-0.39, 0.29) is 5.88 Å². The van der Waals surface area contributed by atoms with Crippen molar-refractivity contribution in [1.82, 2.24) is 4.98 Å². The second-order valence-electron chi connectivity index (χ2n) is 4.94. The van der Waals surface area contributed by atoms with Crippen LogP contribution in [0.3, 0.4) is 0 Å². The van der Waals surface area contributed by atoms with Gasteiger partial charge in [0.15, 0.2) is 0 Å². The van der Waals surface area contributed by atoms with Gasteiger partial charge in [-0.3, -0.25) is 4.79 Å². The van der Waals surface area contributed by atoms with Gasteiger partial charge in [-0.25, -0.2) is 4.98 Å². The molecular weight excluding hydrogens is 264 g/mol. The minimum atomic E-state index is -0.453. The van der Waals surface area contributed by atoms with E-state index < -0.39 is 5.91 Å². The van der Waals surface area contributed by atoms with Crippen molar-refractivity contribution in [1.29, 1.82) is 0 Å². The smallest absolute Gasteiger partial charge is 0.249 e. The van der Waals surface area contributed by atoms with Crippen molar-refractivity contribution in [2.45, 2.75) is 6.92 Å². The SMILES string of the molecule is Cc1cc(O)nc2ccc(-c3ccccc3C(N)=O)cc12. The molecule has 0 fully saturated rings. The minimum absolute atomic E-state index is 0.00489. The molecule has 0 spiro atoms. The Balaban J connectivity index is 2.25. The number of aromatic nitrogens is 1. The number of hydrogen-bond donors (Lipinski definition) is 2. The van der Waals surface area contributed by atoms with E-state index in [2.05, 4.69) is 4.98 Å². The minimum Gasteiger partial charge on any atom is -0.493 e. The van der Waals surface area contributed by atoms with E-state index in [0.29, 0.717) is 11.1 Å². The second kappa shape index (κ2) is 4.90. The van der Waals surface area contributed by atoms with Crippen LogP contribution in [0.4, 0.5) is 0 Å². The molecule has 0 aliphatic rings. The van der Waals surface area contributed by atoms with Gasteiger partial charge in [-0.1, -0.05) is 24.3 Å². The van der Waals surface area contributed by atoms with Crippen LogP contribution in [0.5, 0.6) is 5.88 Å². The first kappa shape index (κ1) is 13.1. The number of hydrogen-bond acceptors (Lipinski definition) is 3. The monoisotopic (exact) mass is 278 g/mol. The molecule has 104 valence electrons. The molecule has 0 aliphatic heterocycles. The Hall–Kier alpha value is -2.88. The molecule has 0 saturated carbocycles. The van der Waals surface area contributed by atoms with Crippen LogP contribution >= 0.6 is 0 Å². The standard InChI is InChI=1S/C17H14N2O2/c1-10-8-16(20)19-15-7-6-11(9-14(10)15)12-4-2-3-5-13(12)17(18)21/h2-9H,1H3,(H2,18,21)(H,19,20). The van der Waals surface area contributed by atoms with Gasteiger partial charge in [-0.05, 0) is 41.8 Å². The molecule has 0 bridgehead atoms. The molecule has 3 N–H and O–H groups in total.